The van der Waals surface area contributed by atoms with Crippen molar-refractivity contribution in [2.75, 3.05) is 52.6 Å². The number of ether oxygens (including phenoxy) is 1. The number of isocyanates is 1. The number of allylic oxidation sites excluding steroid dienone is 2. The highest BCUT2D eigenvalue weighted by molar-refractivity contribution is 5.73. The molecule has 2 amide bonds. The van der Waals surface area contributed by atoms with Gasteiger partial charge in [0.25, 0.3) is 0 Å². The number of aliphatic hydroxyl groups is 4. The molecule has 7 aliphatic rings. The minimum Gasteiger partial charge on any atom is -0.396 e. The average molecular weight is 857 g/mol. The molecule has 0 aromatic heterocycles. The van der Waals surface area contributed by atoms with Crippen molar-refractivity contribution < 1.29 is 34.8 Å². The van der Waals surface area contributed by atoms with E-state index in [0.717, 1.165) is 71.1 Å². The largest absolute Gasteiger partial charge is 0.396 e. The quantitative estimate of drug-likeness (QED) is 0.0691. The minimum absolute atomic E-state index is 0.00677. The average Bonchev–Trinajstić information content (AvgIpc) is 4.00. The Labute approximate surface area is 369 Å². The number of amides is 2. The van der Waals surface area contributed by atoms with Gasteiger partial charge in [-0.05, 0) is 174 Å². The first-order chi connectivity index (χ1) is 29.0. The van der Waals surface area contributed by atoms with E-state index in [1.165, 1.54) is 51.0 Å². The molecule has 1 heterocycles. The molecule has 0 unspecified atom stereocenters. The van der Waals surface area contributed by atoms with Gasteiger partial charge >= 0.3 is 6.03 Å². The van der Waals surface area contributed by atoms with Crippen molar-refractivity contribution in [1.82, 2.24) is 10.6 Å². The molecular formula is C50H88N4O7. The molecule has 0 aromatic carbocycles. The second kappa shape index (κ2) is 23.2. The van der Waals surface area contributed by atoms with E-state index in [0.29, 0.717) is 55.1 Å². The molecule has 6 aliphatic carbocycles. The Bertz CT molecular complexity index is 1510. The van der Waals surface area contributed by atoms with Crippen LogP contribution in [0.3, 0.4) is 0 Å². The van der Waals surface area contributed by atoms with Crippen molar-refractivity contribution >= 4 is 12.1 Å². The number of rotatable bonds is 9. The second-order valence-corrected chi connectivity index (χ2v) is 21.3. The summed E-state index contributed by atoms with van der Waals surface area (Å²) in [6, 6.07) is -0.0887. The Kier molecular flexibility index (Phi) is 19.6. The highest BCUT2D eigenvalue weighted by Crippen LogP contribution is 2.60. The van der Waals surface area contributed by atoms with E-state index >= 15 is 0 Å². The van der Waals surface area contributed by atoms with Crippen molar-refractivity contribution in [2.24, 2.45) is 67.9 Å². The summed E-state index contributed by atoms with van der Waals surface area (Å²) in [5, 5.41) is 46.3. The highest BCUT2D eigenvalue weighted by Gasteiger charge is 2.53. The van der Waals surface area contributed by atoms with Gasteiger partial charge in [0.1, 0.15) is 0 Å². The van der Waals surface area contributed by atoms with Gasteiger partial charge in [-0.25, -0.2) is 14.6 Å². The van der Waals surface area contributed by atoms with Gasteiger partial charge < -0.3 is 41.5 Å². The van der Waals surface area contributed by atoms with Gasteiger partial charge in [-0.15, -0.1) is 0 Å². The van der Waals surface area contributed by atoms with Crippen LogP contribution in [0.5, 0.6) is 0 Å². The monoisotopic (exact) mass is 857 g/mol. The maximum Gasteiger partial charge on any atom is 0.314 e. The summed E-state index contributed by atoms with van der Waals surface area (Å²) in [5.41, 5.74) is 13.5. The van der Waals surface area contributed by atoms with Crippen molar-refractivity contribution in [3.8, 4) is 0 Å². The smallest absolute Gasteiger partial charge is 0.314 e. The minimum atomic E-state index is -0.291. The molecule has 10 atom stereocenters. The Morgan fingerprint density at radius 2 is 1.21 bits per heavy atom. The van der Waals surface area contributed by atoms with E-state index in [1.807, 2.05) is 6.92 Å². The van der Waals surface area contributed by atoms with E-state index in [-0.39, 0.29) is 59.5 Å². The molecular weight excluding hydrogens is 769 g/mol. The molecule has 3 fully saturated rings. The zero-order valence-electron chi connectivity index (χ0n) is 39.6. The van der Waals surface area contributed by atoms with E-state index in [2.05, 4.69) is 57.2 Å². The van der Waals surface area contributed by atoms with Crippen molar-refractivity contribution in [3.05, 3.63) is 22.3 Å². The zero-order valence-corrected chi connectivity index (χ0v) is 39.6. The maximum absolute atomic E-state index is 12.1. The molecule has 2 saturated carbocycles. The number of nitrogens with two attached hydrogens (primary N) is 1. The lowest BCUT2D eigenvalue weighted by Crippen LogP contribution is -2.50. The number of hydrogen-bond acceptors (Lipinski definition) is 9. The van der Waals surface area contributed by atoms with Crippen LogP contribution in [-0.2, 0) is 9.53 Å². The van der Waals surface area contributed by atoms with Gasteiger partial charge in [0, 0.05) is 52.0 Å². The van der Waals surface area contributed by atoms with Crippen LogP contribution in [0.2, 0.25) is 0 Å². The predicted molar refractivity (Wildman–Crippen MR) is 244 cm³/mol. The molecule has 1 saturated heterocycles. The van der Waals surface area contributed by atoms with E-state index in [4.69, 9.17) is 15.3 Å². The fraction of sp³-hybridized carbons (Fsp3) is 0.880. The number of carbonyl (C=O) groups is 1. The van der Waals surface area contributed by atoms with Crippen LogP contribution in [0, 0.1) is 57.2 Å². The number of nitrogens with zero attached hydrogens (tertiary/aromatic N) is 1. The van der Waals surface area contributed by atoms with Gasteiger partial charge in [-0.1, -0.05) is 63.8 Å². The van der Waals surface area contributed by atoms with Crippen LogP contribution in [0.15, 0.2) is 27.3 Å². The van der Waals surface area contributed by atoms with Crippen molar-refractivity contribution in [3.63, 3.8) is 0 Å². The van der Waals surface area contributed by atoms with Gasteiger partial charge in [-0.2, -0.15) is 0 Å². The Balaban J connectivity index is 0.000000221. The Morgan fingerprint density at radius 3 is 1.59 bits per heavy atom. The number of urea groups is 1. The van der Waals surface area contributed by atoms with Gasteiger partial charge in [0.15, 0.2) is 0 Å². The predicted octanol–water partition coefficient (Wildman–Crippen LogP) is 7.99. The fourth-order valence-electron chi connectivity index (χ4n) is 13.2. The maximum atomic E-state index is 12.1. The molecule has 7 rings (SSSR count). The molecule has 61 heavy (non-hydrogen) atoms. The van der Waals surface area contributed by atoms with E-state index in [1.54, 1.807) is 29.2 Å². The molecule has 0 bridgehead atoms. The number of aliphatic hydroxyl groups excluding tert-OH is 4. The summed E-state index contributed by atoms with van der Waals surface area (Å²) in [6.07, 6.45) is 18.0. The molecule has 0 radical (unpaired) electrons. The van der Waals surface area contributed by atoms with E-state index in [9.17, 15) is 25.2 Å². The Hall–Kier alpha value is -2.11. The van der Waals surface area contributed by atoms with Crippen LogP contribution < -0.4 is 16.4 Å². The summed E-state index contributed by atoms with van der Waals surface area (Å²) < 4.78 is 4.94. The van der Waals surface area contributed by atoms with Crippen LogP contribution in [0.1, 0.15) is 158 Å². The standard InChI is InChI=1S/C23H40N2O3.C20H35NO2.C4H8O.C3H5NO/c1-5-24-21(28)25-13-18-17-9-10-22(2,3)19(17)6-7-20(18)23(4)11-8-16(27)12-15(23)14-26;1-19(2)8-7-15-16(11-21)18(5-4-17(15)19)20(3)9-6-14(23)10-13(20)12-22;1-2-4-5-3-1;1-2-4-3-5/h15-16,18,20,26-27H,5-14H2,1-4H3,(H2,24,25,28);13-14,16,18,22-23H,4-12,21H2,1-3H3;1-4H2;2H2,1H3/t15-,16+,18+,20+,23+;13-,14+,16+,18+,20+;;/m11../s1. The normalized spacial score (nSPS) is 36.1. The molecule has 11 nitrogen and oxygen atoms in total. The molecule has 8 N–H and O–H groups in total. The summed E-state index contributed by atoms with van der Waals surface area (Å²) >= 11 is 0. The summed E-state index contributed by atoms with van der Waals surface area (Å²) in [6.45, 7) is 22.8. The molecule has 0 spiro atoms. The van der Waals surface area contributed by atoms with Crippen LogP contribution >= 0.6 is 0 Å². The van der Waals surface area contributed by atoms with Crippen LogP contribution in [-0.4, -0.2) is 97.4 Å². The first-order valence-electron chi connectivity index (χ1n) is 24.3. The third-order valence-corrected chi connectivity index (χ3v) is 17.0. The Morgan fingerprint density at radius 1 is 0.738 bits per heavy atom. The molecule has 350 valence electrons. The summed E-state index contributed by atoms with van der Waals surface area (Å²) in [4.78, 5) is 24.4. The fourth-order valence-corrected chi connectivity index (χ4v) is 13.2. The van der Waals surface area contributed by atoms with Crippen molar-refractivity contribution in [1.29, 1.82) is 0 Å². The topological polar surface area (TPSA) is 187 Å². The lowest BCUT2D eigenvalue weighted by Gasteiger charge is -2.52. The summed E-state index contributed by atoms with van der Waals surface area (Å²) in [7, 11) is 0. The molecule has 11 heteroatoms. The van der Waals surface area contributed by atoms with Crippen LogP contribution in [0.25, 0.3) is 0 Å². The zero-order chi connectivity index (χ0) is 45.0. The third kappa shape index (κ3) is 12.4. The van der Waals surface area contributed by atoms with Gasteiger partial charge in [-0.3, -0.25) is 0 Å². The number of hydrogen-bond donors (Lipinski definition) is 7. The summed E-state index contributed by atoms with van der Waals surface area (Å²) in [5.74, 6) is 2.15. The number of carbonyl (C=O) groups excluding carboxylic acids is 2. The number of aliphatic imine (C=N–C) groups is 1. The first kappa shape index (κ1) is 51.5. The van der Waals surface area contributed by atoms with E-state index < -0.39 is 0 Å². The van der Waals surface area contributed by atoms with Gasteiger partial charge in [0.2, 0.25) is 6.08 Å². The first-order valence-corrected chi connectivity index (χ1v) is 24.3. The van der Waals surface area contributed by atoms with Gasteiger partial charge in [0.05, 0.1) is 12.2 Å². The third-order valence-electron chi connectivity index (χ3n) is 17.0. The lowest BCUT2D eigenvalue weighted by molar-refractivity contribution is -0.0580. The number of nitrogens with one attached hydrogen (secondary N) is 2. The van der Waals surface area contributed by atoms with Crippen molar-refractivity contribution in [2.45, 2.75) is 170 Å². The molecule has 1 aliphatic heterocycles. The molecule has 0 aromatic rings. The second-order valence-electron chi connectivity index (χ2n) is 21.3. The SMILES string of the molecule is C1CCOC1.CC1(C)CCC2=C1CC[C@H]([C@@]1(C)CC[C@H](O)C[C@@H]1CO)[C@H]2CN.CCN=C=O.CCNC(=O)NC[C@H]1C2=C(CC[C@@H]1[C@@]1(C)CC[C@H](O)C[C@@H]1CO)C(C)(C)CC2. The highest BCUT2D eigenvalue weighted by atomic mass is 16.5. The van der Waals surface area contributed by atoms with Crippen LogP contribution in [0.4, 0.5) is 4.79 Å². The lowest BCUT2D eigenvalue weighted by atomic mass is 9.53.